The zero-order valence-electron chi connectivity index (χ0n) is 13.3. The van der Waals surface area contributed by atoms with Crippen LogP contribution in [0.1, 0.15) is 26.3 Å². The molecule has 0 aliphatic rings. The summed E-state index contributed by atoms with van der Waals surface area (Å²) in [6.45, 7) is 5.83. The van der Waals surface area contributed by atoms with Gasteiger partial charge in [0.05, 0.1) is 0 Å². The van der Waals surface area contributed by atoms with E-state index in [-0.39, 0.29) is 0 Å². The van der Waals surface area contributed by atoms with Crippen molar-refractivity contribution in [2.24, 2.45) is 0 Å². The van der Waals surface area contributed by atoms with Crippen molar-refractivity contribution in [1.82, 2.24) is 0 Å². The molecule has 0 saturated carbocycles. The maximum atomic E-state index is 11.6. The molecule has 23 heavy (non-hydrogen) atoms. The first-order valence-electron chi connectivity index (χ1n) is 7.20. The molecule has 0 aromatic heterocycles. The Labute approximate surface area is 144 Å². The summed E-state index contributed by atoms with van der Waals surface area (Å²) in [7, 11) is 0. The van der Waals surface area contributed by atoms with Crippen LogP contribution in [0, 0.1) is 0 Å². The summed E-state index contributed by atoms with van der Waals surface area (Å²) < 4.78 is 16.9. The minimum Gasteiger partial charge on any atom is -0.489 e. The Morgan fingerprint density at radius 2 is 1.52 bits per heavy atom. The van der Waals surface area contributed by atoms with Crippen LogP contribution in [0.5, 0.6) is 11.5 Å². The minimum atomic E-state index is -0.721. The van der Waals surface area contributed by atoms with Crippen LogP contribution in [-0.4, -0.2) is 11.8 Å². The SMILES string of the molecule is CC(C)(C)OC(=O)Oc1ccc(OCc2ccc(Br)cc2)cc1. The van der Waals surface area contributed by atoms with E-state index in [9.17, 15) is 4.79 Å². The Morgan fingerprint density at radius 1 is 0.957 bits per heavy atom. The number of benzene rings is 2. The van der Waals surface area contributed by atoms with Crippen molar-refractivity contribution in [3.05, 3.63) is 58.6 Å². The smallest absolute Gasteiger partial charge is 0.489 e. The molecule has 0 spiro atoms. The largest absolute Gasteiger partial charge is 0.514 e. The topological polar surface area (TPSA) is 44.8 Å². The van der Waals surface area contributed by atoms with E-state index in [4.69, 9.17) is 14.2 Å². The lowest BCUT2D eigenvalue weighted by atomic mass is 10.2. The number of hydrogen-bond donors (Lipinski definition) is 0. The van der Waals surface area contributed by atoms with Crippen LogP contribution in [0.2, 0.25) is 0 Å². The zero-order valence-corrected chi connectivity index (χ0v) is 14.9. The van der Waals surface area contributed by atoms with Gasteiger partial charge in [-0.15, -0.1) is 0 Å². The zero-order chi connectivity index (χ0) is 16.9. The molecule has 0 aliphatic carbocycles. The highest BCUT2D eigenvalue weighted by Crippen LogP contribution is 2.20. The summed E-state index contributed by atoms with van der Waals surface area (Å²) in [6.07, 6.45) is -0.721. The highest BCUT2D eigenvalue weighted by molar-refractivity contribution is 9.10. The van der Waals surface area contributed by atoms with Crippen LogP contribution in [0.3, 0.4) is 0 Å². The molecule has 0 heterocycles. The molecule has 2 rings (SSSR count). The normalized spacial score (nSPS) is 11.0. The van der Waals surface area contributed by atoms with Gasteiger partial charge in [0.25, 0.3) is 0 Å². The number of hydrogen-bond acceptors (Lipinski definition) is 4. The van der Waals surface area contributed by atoms with Crippen molar-refractivity contribution in [2.75, 3.05) is 0 Å². The standard InChI is InChI=1S/C18H19BrO4/c1-18(2,3)23-17(20)22-16-10-8-15(9-11-16)21-12-13-4-6-14(19)7-5-13/h4-11H,12H2,1-3H3. The van der Waals surface area contributed by atoms with E-state index in [1.807, 2.05) is 24.3 Å². The van der Waals surface area contributed by atoms with Crippen molar-refractivity contribution >= 4 is 22.1 Å². The van der Waals surface area contributed by atoms with E-state index in [1.165, 1.54) is 0 Å². The summed E-state index contributed by atoms with van der Waals surface area (Å²) in [5.74, 6) is 1.11. The lowest BCUT2D eigenvalue weighted by Gasteiger charge is -2.18. The van der Waals surface area contributed by atoms with Crippen molar-refractivity contribution in [3.63, 3.8) is 0 Å². The van der Waals surface area contributed by atoms with E-state index in [1.54, 1.807) is 45.0 Å². The first-order valence-corrected chi connectivity index (χ1v) is 7.99. The minimum absolute atomic E-state index is 0.412. The molecule has 0 radical (unpaired) electrons. The molecular weight excluding hydrogens is 360 g/mol. The molecule has 0 unspecified atom stereocenters. The third-order valence-corrected chi connectivity index (χ3v) is 3.26. The predicted molar refractivity (Wildman–Crippen MR) is 91.8 cm³/mol. The Morgan fingerprint density at radius 3 is 2.09 bits per heavy atom. The molecule has 0 N–H and O–H groups in total. The van der Waals surface area contributed by atoms with E-state index >= 15 is 0 Å². The maximum Gasteiger partial charge on any atom is 0.514 e. The molecule has 0 amide bonds. The summed E-state index contributed by atoms with van der Waals surface area (Å²) in [4.78, 5) is 11.6. The summed E-state index contributed by atoms with van der Waals surface area (Å²) in [5.41, 5.74) is 0.493. The second kappa shape index (κ2) is 7.51. The predicted octanol–water partition coefficient (Wildman–Crippen LogP) is 5.34. The van der Waals surface area contributed by atoms with Gasteiger partial charge in [0, 0.05) is 4.47 Å². The van der Waals surface area contributed by atoms with E-state index in [2.05, 4.69) is 15.9 Å². The fraction of sp³-hybridized carbons (Fsp3) is 0.278. The summed E-state index contributed by atoms with van der Waals surface area (Å²) in [6, 6.07) is 14.7. The molecule has 4 nitrogen and oxygen atoms in total. The van der Waals surface area contributed by atoms with Crippen molar-refractivity contribution in [1.29, 1.82) is 0 Å². The lowest BCUT2D eigenvalue weighted by Crippen LogP contribution is -2.25. The third-order valence-electron chi connectivity index (χ3n) is 2.73. The van der Waals surface area contributed by atoms with Gasteiger partial charge in [-0.2, -0.15) is 0 Å². The molecule has 0 atom stereocenters. The first kappa shape index (κ1) is 17.3. The quantitative estimate of drug-likeness (QED) is 0.531. The summed E-state index contributed by atoms with van der Waals surface area (Å²) in [5, 5.41) is 0. The molecule has 2 aromatic rings. The van der Waals surface area contributed by atoms with Gasteiger partial charge in [-0.1, -0.05) is 28.1 Å². The van der Waals surface area contributed by atoms with E-state index in [0.717, 1.165) is 10.0 Å². The Kier molecular flexibility index (Phi) is 5.66. The van der Waals surface area contributed by atoms with Gasteiger partial charge >= 0.3 is 6.16 Å². The molecule has 0 saturated heterocycles. The third kappa shape index (κ3) is 6.32. The molecule has 0 fully saturated rings. The number of halogens is 1. The molecule has 0 aliphatic heterocycles. The Hall–Kier alpha value is -2.01. The molecular formula is C18H19BrO4. The molecule has 5 heteroatoms. The Balaban J connectivity index is 1.87. The van der Waals surface area contributed by atoms with Gasteiger partial charge in [-0.25, -0.2) is 4.79 Å². The lowest BCUT2D eigenvalue weighted by molar-refractivity contribution is 0.0206. The van der Waals surface area contributed by atoms with Gasteiger partial charge in [0.2, 0.25) is 0 Å². The first-order chi connectivity index (χ1) is 10.8. The number of carbonyl (C=O) groups is 1. The number of rotatable bonds is 4. The molecule has 2 aromatic carbocycles. The van der Waals surface area contributed by atoms with E-state index in [0.29, 0.717) is 18.1 Å². The van der Waals surface area contributed by atoms with E-state index < -0.39 is 11.8 Å². The van der Waals surface area contributed by atoms with Crippen molar-refractivity contribution < 1.29 is 19.0 Å². The van der Waals surface area contributed by atoms with Gasteiger partial charge in [-0.05, 0) is 62.7 Å². The highest BCUT2D eigenvalue weighted by Gasteiger charge is 2.17. The average Bonchev–Trinajstić information content (AvgIpc) is 2.46. The highest BCUT2D eigenvalue weighted by atomic mass is 79.9. The molecule has 122 valence electrons. The monoisotopic (exact) mass is 378 g/mol. The van der Waals surface area contributed by atoms with Gasteiger partial charge in [-0.3, -0.25) is 0 Å². The van der Waals surface area contributed by atoms with Gasteiger partial charge < -0.3 is 14.2 Å². The van der Waals surface area contributed by atoms with Crippen LogP contribution in [-0.2, 0) is 11.3 Å². The van der Waals surface area contributed by atoms with Gasteiger partial charge in [0.15, 0.2) is 0 Å². The fourth-order valence-corrected chi connectivity index (χ4v) is 1.98. The second-order valence-corrected chi connectivity index (χ2v) is 6.87. The van der Waals surface area contributed by atoms with Gasteiger partial charge in [0.1, 0.15) is 23.7 Å². The van der Waals surface area contributed by atoms with Crippen LogP contribution in [0.25, 0.3) is 0 Å². The van der Waals surface area contributed by atoms with Crippen LogP contribution < -0.4 is 9.47 Å². The Bertz CT molecular complexity index is 642. The molecule has 0 bridgehead atoms. The van der Waals surface area contributed by atoms with Crippen LogP contribution in [0.4, 0.5) is 4.79 Å². The maximum absolute atomic E-state index is 11.6. The number of ether oxygens (including phenoxy) is 3. The van der Waals surface area contributed by atoms with Crippen LogP contribution in [0.15, 0.2) is 53.0 Å². The number of carbonyl (C=O) groups excluding carboxylic acids is 1. The fourth-order valence-electron chi connectivity index (χ4n) is 1.72. The van der Waals surface area contributed by atoms with Crippen LogP contribution >= 0.6 is 15.9 Å². The summed E-state index contributed by atoms with van der Waals surface area (Å²) >= 11 is 3.39. The van der Waals surface area contributed by atoms with Crippen molar-refractivity contribution in [2.45, 2.75) is 33.0 Å². The average molecular weight is 379 g/mol. The van der Waals surface area contributed by atoms with Crippen molar-refractivity contribution in [3.8, 4) is 11.5 Å². The second-order valence-electron chi connectivity index (χ2n) is 5.95.